The van der Waals surface area contributed by atoms with Gasteiger partial charge in [-0.1, -0.05) is 73.0 Å². The first kappa shape index (κ1) is 20.0. The summed E-state index contributed by atoms with van der Waals surface area (Å²) in [6.45, 7) is 0.361. The Labute approximate surface area is 180 Å². The lowest BCUT2D eigenvalue weighted by Gasteiger charge is -2.04. The van der Waals surface area contributed by atoms with Crippen molar-refractivity contribution in [2.45, 2.75) is 6.54 Å². The van der Waals surface area contributed by atoms with Crippen LogP contribution in [0.5, 0.6) is 0 Å². The van der Waals surface area contributed by atoms with Crippen LogP contribution in [-0.2, 0) is 6.54 Å². The molecule has 3 aromatic rings. The highest BCUT2D eigenvalue weighted by atomic mass is 79.9. The number of halogens is 3. The van der Waals surface area contributed by atoms with Gasteiger partial charge in [-0.3, -0.25) is 14.2 Å². The van der Waals surface area contributed by atoms with Crippen molar-refractivity contribution in [3.05, 3.63) is 88.3 Å². The number of rotatable bonds is 5. The molecule has 0 spiro atoms. The summed E-state index contributed by atoms with van der Waals surface area (Å²) in [6, 6.07) is 14.6. The molecule has 5 nitrogen and oxygen atoms in total. The lowest BCUT2D eigenvalue weighted by molar-refractivity contribution is 0.0955. The molecular weight excluding hydrogens is 518 g/mol. The maximum absolute atomic E-state index is 12.2. The Balaban J connectivity index is 1.72. The first-order valence-corrected chi connectivity index (χ1v) is 10.4. The van der Waals surface area contributed by atoms with E-state index in [-0.39, 0.29) is 15.9 Å². The highest BCUT2D eigenvalue weighted by Gasteiger charge is 2.12. The third kappa shape index (κ3) is 5.16. The summed E-state index contributed by atoms with van der Waals surface area (Å²) in [6.07, 6.45) is 1.38. The number of benzene rings is 2. The summed E-state index contributed by atoms with van der Waals surface area (Å²) < 4.78 is 3.22. The Morgan fingerprint density at radius 1 is 1.19 bits per heavy atom. The Bertz CT molecular complexity index is 1060. The van der Waals surface area contributed by atoms with Gasteiger partial charge in [0.05, 0.1) is 17.6 Å². The fourth-order valence-corrected chi connectivity index (χ4v) is 4.00. The van der Waals surface area contributed by atoms with Crippen molar-refractivity contribution in [3.8, 4) is 0 Å². The van der Waals surface area contributed by atoms with Crippen LogP contribution in [0.25, 0.3) is 0 Å². The fourth-order valence-electron chi connectivity index (χ4n) is 2.23. The maximum atomic E-state index is 12.2. The van der Waals surface area contributed by atoms with Crippen LogP contribution < -0.4 is 10.3 Å². The summed E-state index contributed by atoms with van der Waals surface area (Å²) in [5, 5.41) is 4.19. The summed E-state index contributed by atoms with van der Waals surface area (Å²) in [4.78, 5) is 24.6. The number of nitrogens with one attached hydrogen (secondary N) is 1. The number of nitrogens with zero attached hydrogens (tertiary/aromatic N) is 2. The van der Waals surface area contributed by atoms with E-state index in [9.17, 15) is 9.59 Å². The number of hydrogen-bond acceptors (Lipinski definition) is 4. The van der Waals surface area contributed by atoms with Crippen molar-refractivity contribution in [2.75, 3.05) is 0 Å². The van der Waals surface area contributed by atoms with E-state index in [0.717, 1.165) is 25.8 Å². The smallest absolute Gasteiger partial charge is 0.284 e. The molecule has 0 aliphatic heterocycles. The van der Waals surface area contributed by atoms with Crippen LogP contribution in [-0.4, -0.2) is 16.7 Å². The van der Waals surface area contributed by atoms with E-state index < -0.39 is 0 Å². The van der Waals surface area contributed by atoms with Crippen LogP contribution in [0.2, 0.25) is 5.15 Å². The fraction of sp³-hybridized carbons (Fsp3) is 0.0556. The number of carbonyl (C=O) groups is 1. The quantitative estimate of drug-likeness (QED) is 0.378. The van der Waals surface area contributed by atoms with Crippen molar-refractivity contribution in [1.82, 2.24) is 9.99 Å². The van der Waals surface area contributed by atoms with E-state index in [1.165, 1.54) is 10.8 Å². The number of aromatic nitrogens is 1. The zero-order valence-electron chi connectivity index (χ0n) is 13.7. The minimum absolute atomic E-state index is 0.192. The number of thiazole rings is 1. The van der Waals surface area contributed by atoms with Gasteiger partial charge in [-0.25, -0.2) is 5.43 Å². The van der Waals surface area contributed by atoms with E-state index in [0.29, 0.717) is 17.0 Å². The zero-order chi connectivity index (χ0) is 19.4. The molecule has 1 aromatic heterocycles. The van der Waals surface area contributed by atoms with Crippen LogP contribution in [0.15, 0.2) is 67.4 Å². The molecule has 27 heavy (non-hydrogen) atoms. The molecule has 0 bridgehead atoms. The first-order valence-electron chi connectivity index (χ1n) is 7.66. The van der Waals surface area contributed by atoms with E-state index in [2.05, 4.69) is 42.4 Å². The standard InChI is InChI=1S/C18H12Br2ClN3O2S/c19-13-6-4-11(5-7-13)10-24-16(21)15(27-18(24)26)9-22-23-17(25)12-2-1-3-14(20)8-12/h1-9H,10H2,(H,23,25)/b22-9-. The molecule has 138 valence electrons. The van der Waals surface area contributed by atoms with Gasteiger partial charge in [-0.15, -0.1) is 0 Å². The van der Waals surface area contributed by atoms with Crippen molar-refractivity contribution >= 4 is 66.9 Å². The van der Waals surface area contributed by atoms with Gasteiger partial charge in [0.25, 0.3) is 5.91 Å². The Morgan fingerprint density at radius 2 is 1.93 bits per heavy atom. The molecule has 0 fully saturated rings. The van der Waals surface area contributed by atoms with Crippen LogP contribution in [0, 0.1) is 0 Å². The SMILES string of the molecule is O=C(N/N=C\c1sc(=O)n(Cc2ccc(Br)cc2)c1Cl)c1cccc(Br)c1. The molecule has 1 amide bonds. The second-order valence-electron chi connectivity index (χ2n) is 5.45. The topological polar surface area (TPSA) is 63.5 Å². The van der Waals surface area contributed by atoms with Crippen molar-refractivity contribution in [2.24, 2.45) is 5.10 Å². The molecule has 1 heterocycles. The molecule has 9 heteroatoms. The highest BCUT2D eigenvalue weighted by molar-refractivity contribution is 9.10. The van der Waals surface area contributed by atoms with Crippen molar-refractivity contribution in [1.29, 1.82) is 0 Å². The Hall–Kier alpha value is -1.74. The second-order valence-corrected chi connectivity index (χ2v) is 8.63. The number of amides is 1. The Kier molecular flexibility index (Phi) is 6.64. The summed E-state index contributed by atoms with van der Waals surface area (Å²) in [7, 11) is 0. The van der Waals surface area contributed by atoms with E-state index in [1.54, 1.807) is 18.2 Å². The van der Waals surface area contributed by atoms with Gasteiger partial charge in [-0.05, 0) is 35.9 Å². The maximum Gasteiger partial charge on any atom is 0.309 e. The number of carbonyl (C=O) groups excluding carboxylic acids is 1. The van der Waals surface area contributed by atoms with E-state index in [4.69, 9.17) is 11.6 Å². The van der Waals surface area contributed by atoms with Gasteiger partial charge < -0.3 is 0 Å². The molecular formula is C18H12Br2ClN3O2S. The van der Waals surface area contributed by atoms with Gasteiger partial charge in [0.2, 0.25) is 0 Å². The molecule has 0 aliphatic rings. The molecule has 3 rings (SSSR count). The van der Waals surface area contributed by atoms with Crippen LogP contribution in [0.1, 0.15) is 20.8 Å². The molecule has 0 saturated carbocycles. The van der Waals surface area contributed by atoms with Gasteiger partial charge in [0.15, 0.2) is 0 Å². The molecule has 0 unspecified atom stereocenters. The Morgan fingerprint density at radius 3 is 2.63 bits per heavy atom. The lowest BCUT2D eigenvalue weighted by Crippen LogP contribution is -2.17. The van der Waals surface area contributed by atoms with Crippen molar-refractivity contribution < 1.29 is 4.79 Å². The normalized spacial score (nSPS) is 11.1. The average molecular weight is 530 g/mol. The molecule has 1 N–H and O–H groups in total. The second kappa shape index (κ2) is 8.97. The monoisotopic (exact) mass is 527 g/mol. The van der Waals surface area contributed by atoms with Crippen molar-refractivity contribution in [3.63, 3.8) is 0 Å². The minimum Gasteiger partial charge on any atom is -0.284 e. The summed E-state index contributed by atoms with van der Waals surface area (Å²) in [5.41, 5.74) is 3.84. The largest absolute Gasteiger partial charge is 0.309 e. The first-order chi connectivity index (χ1) is 12.9. The van der Waals surface area contributed by atoms with Gasteiger partial charge >= 0.3 is 4.87 Å². The number of hydrogen-bond donors (Lipinski definition) is 1. The zero-order valence-corrected chi connectivity index (χ0v) is 18.4. The predicted octanol–water partition coefficient (Wildman–Crippen LogP) is 4.90. The van der Waals surface area contributed by atoms with Crippen LogP contribution >= 0.6 is 54.8 Å². The van der Waals surface area contributed by atoms with E-state index in [1.807, 2.05) is 30.3 Å². The highest BCUT2D eigenvalue weighted by Crippen LogP contribution is 2.19. The van der Waals surface area contributed by atoms with Gasteiger partial charge in [0.1, 0.15) is 5.15 Å². The van der Waals surface area contributed by atoms with E-state index >= 15 is 0 Å². The van der Waals surface area contributed by atoms with Gasteiger partial charge in [0, 0.05) is 14.5 Å². The molecule has 0 radical (unpaired) electrons. The molecule has 0 saturated heterocycles. The lowest BCUT2D eigenvalue weighted by atomic mass is 10.2. The minimum atomic E-state index is -0.356. The van der Waals surface area contributed by atoms with Crippen LogP contribution in [0.4, 0.5) is 0 Å². The summed E-state index contributed by atoms with van der Waals surface area (Å²) >= 11 is 14.0. The third-order valence-corrected chi connectivity index (χ3v) is 6.00. The van der Waals surface area contributed by atoms with Gasteiger partial charge in [-0.2, -0.15) is 5.10 Å². The van der Waals surface area contributed by atoms with Crippen LogP contribution in [0.3, 0.4) is 0 Å². The average Bonchev–Trinajstić information content (AvgIpc) is 2.91. The summed E-state index contributed by atoms with van der Waals surface area (Å²) in [5.74, 6) is -0.356. The molecule has 0 atom stereocenters. The third-order valence-electron chi connectivity index (χ3n) is 3.55. The predicted molar refractivity (Wildman–Crippen MR) is 116 cm³/mol. The number of hydrazone groups is 1. The molecule has 2 aromatic carbocycles. The molecule has 0 aliphatic carbocycles.